The summed E-state index contributed by atoms with van der Waals surface area (Å²) in [5, 5.41) is 10.9. The molecule has 1 aromatic heterocycles. The molecule has 6 heteroatoms. The molecule has 144 valence electrons. The topological polar surface area (TPSA) is 62.7 Å². The van der Waals surface area contributed by atoms with E-state index in [1.807, 2.05) is 0 Å². The molecule has 1 atom stereocenters. The number of phenols is 1. The van der Waals surface area contributed by atoms with E-state index in [0.717, 1.165) is 36.2 Å². The number of methoxy groups -OCH3 is 1. The van der Waals surface area contributed by atoms with Crippen molar-refractivity contribution in [2.45, 2.75) is 25.8 Å². The van der Waals surface area contributed by atoms with Crippen molar-refractivity contribution >= 4 is 22.6 Å². The van der Waals surface area contributed by atoms with E-state index in [0.29, 0.717) is 16.9 Å². The molecule has 5 nitrogen and oxygen atoms in total. The van der Waals surface area contributed by atoms with Gasteiger partial charge >= 0.3 is 5.97 Å². The molecule has 0 unspecified atom stereocenters. The Morgan fingerprint density at radius 1 is 1.29 bits per heavy atom. The number of anilines is 1. The Bertz CT molecular complexity index is 1050. The summed E-state index contributed by atoms with van der Waals surface area (Å²) in [7, 11) is 1.27. The van der Waals surface area contributed by atoms with Gasteiger partial charge in [0.15, 0.2) is 0 Å². The third-order valence-corrected chi connectivity index (χ3v) is 5.37. The van der Waals surface area contributed by atoms with Crippen LogP contribution in [0.2, 0.25) is 0 Å². The molecule has 1 N–H and O–H groups in total. The van der Waals surface area contributed by atoms with Crippen LogP contribution < -0.4 is 4.90 Å². The van der Waals surface area contributed by atoms with Gasteiger partial charge in [0.05, 0.1) is 24.5 Å². The minimum absolute atomic E-state index is 0.0757. The largest absolute Gasteiger partial charge is 0.507 e. The lowest BCUT2D eigenvalue weighted by Crippen LogP contribution is -2.27. The Morgan fingerprint density at radius 2 is 2.04 bits per heavy atom. The van der Waals surface area contributed by atoms with Gasteiger partial charge in [0.1, 0.15) is 17.1 Å². The maximum Gasteiger partial charge on any atom is 0.341 e. The van der Waals surface area contributed by atoms with Crippen LogP contribution in [0.3, 0.4) is 0 Å². The first kappa shape index (κ1) is 18.2. The number of aromatic nitrogens is 1. The summed E-state index contributed by atoms with van der Waals surface area (Å²) in [6.45, 7) is 3.08. The van der Waals surface area contributed by atoms with Crippen molar-refractivity contribution < 1.29 is 19.0 Å². The molecule has 0 amide bonds. The lowest BCUT2D eigenvalue weighted by atomic mass is 9.96. The average molecular weight is 380 g/mol. The standard InChI is InChI=1S/C22H21FN2O3/c1-13-4-3-9-25(13)19-12-24-18-11-20(26)17(22(27)28-2)10-16(18)21(19)14-5-7-15(23)8-6-14/h5-8,10-13,26H,3-4,9H2,1-2H3/t13-/m0/s1. The number of pyridine rings is 1. The second-order valence-electron chi connectivity index (χ2n) is 7.09. The Hall–Kier alpha value is -3.15. The summed E-state index contributed by atoms with van der Waals surface area (Å²) < 4.78 is 18.3. The summed E-state index contributed by atoms with van der Waals surface area (Å²) in [6.07, 6.45) is 3.97. The van der Waals surface area contributed by atoms with E-state index in [1.165, 1.54) is 25.3 Å². The van der Waals surface area contributed by atoms with E-state index in [2.05, 4.69) is 16.8 Å². The lowest BCUT2D eigenvalue weighted by Gasteiger charge is -2.27. The van der Waals surface area contributed by atoms with Crippen molar-refractivity contribution in [2.75, 3.05) is 18.6 Å². The summed E-state index contributed by atoms with van der Waals surface area (Å²) >= 11 is 0. The predicted octanol–water partition coefficient (Wildman–Crippen LogP) is 4.52. The highest BCUT2D eigenvalue weighted by atomic mass is 19.1. The second kappa shape index (κ2) is 7.11. The van der Waals surface area contributed by atoms with Crippen molar-refractivity contribution in [1.29, 1.82) is 0 Å². The van der Waals surface area contributed by atoms with Crippen LogP contribution in [0.5, 0.6) is 5.75 Å². The van der Waals surface area contributed by atoms with Crippen LogP contribution in [0.25, 0.3) is 22.0 Å². The Labute approximate surface area is 162 Å². The highest BCUT2D eigenvalue weighted by Gasteiger charge is 2.26. The summed E-state index contributed by atoms with van der Waals surface area (Å²) in [5.74, 6) is -1.12. The molecule has 1 aliphatic heterocycles. The third-order valence-electron chi connectivity index (χ3n) is 5.37. The minimum Gasteiger partial charge on any atom is -0.507 e. The van der Waals surface area contributed by atoms with Gasteiger partial charge in [-0.15, -0.1) is 0 Å². The molecule has 1 saturated heterocycles. The number of fused-ring (bicyclic) bond motifs is 1. The summed E-state index contributed by atoms with van der Waals surface area (Å²) in [6, 6.07) is 9.70. The van der Waals surface area contributed by atoms with Crippen molar-refractivity contribution in [3.63, 3.8) is 0 Å². The summed E-state index contributed by atoms with van der Waals surface area (Å²) in [5.41, 5.74) is 3.26. The van der Waals surface area contributed by atoms with Gasteiger partial charge in [-0.25, -0.2) is 9.18 Å². The van der Waals surface area contributed by atoms with Crippen LogP contribution >= 0.6 is 0 Å². The highest BCUT2D eigenvalue weighted by Crippen LogP contribution is 2.41. The van der Waals surface area contributed by atoms with Gasteiger partial charge in [0, 0.05) is 29.6 Å². The number of halogens is 1. The second-order valence-corrected chi connectivity index (χ2v) is 7.09. The van der Waals surface area contributed by atoms with E-state index in [9.17, 15) is 14.3 Å². The molecule has 0 saturated carbocycles. The Balaban J connectivity index is 2.03. The van der Waals surface area contributed by atoms with E-state index in [1.54, 1.807) is 24.4 Å². The molecule has 0 spiro atoms. The zero-order valence-electron chi connectivity index (χ0n) is 15.8. The van der Waals surface area contributed by atoms with E-state index in [-0.39, 0.29) is 17.1 Å². The molecule has 1 fully saturated rings. The Kier molecular flexibility index (Phi) is 4.63. The monoisotopic (exact) mass is 380 g/mol. The number of hydrogen-bond acceptors (Lipinski definition) is 5. The fourth-order valence-corrected chi connectivity index (χ4v) is 3.92. The number of esters is 1. The van der Waals surface area contributed by atoms with Crippen LogP contribution in [-0.4, -0.2) is 35.8 Å². The van der Waals surface area contributed by atoms with Gasteiger partial charge in [-0.3, -0.25) is 4.98 Å². The van der Waals surface area contributed by atoms with Gasteiger partial charge in [-0.1, -0.05) is 12.1 Å². The first-order chi connectivity index (χ1) is 13.5. The predicted molar refractivity (Wildman–Crippen MR) is 106 cm³/mol. The highest BCUT2D eigenvalue weighted by molar-refractivity contribution is 6.05. The first-order valence-corrected chi connectivity index (χ1v) is 9.26. The van der Waals surface area contributed by atoms with Crippen LogP contribution in [0.1, 0.15) is 30.1 Å². The van der Waals surface area contributed by atoms with Crippen LogP contribution in [-0.2, 0) is 4.74 Å². The molecule has 3 aromatic rings. The number of hydrogen-bond donors (Lipinski definition) is 1. The quantitative estimate of drug-likeness (QED) is 0.677. The molecule has 1 aliphatic rings. The first-order valence-electron chi connectivity index (χ1n) is 9.26. The zero-order valence-corrected chi connectivity index (χ0v) is 15.8. The molecule has 0 radical (unpaired) electrons. The zero-order chi connectivity index (χ0) is 19.8. The maximum absolute atomic E-state index is 13.5. The molecule has 2 heterocycles. The third kappa shape index (κ3) is 3.05. The van der Waals surface area contributed by atoms with E-state index in [4.69, 9.17) is 4.74 Å². The fraction of sp³-hybridized carbons (Fsp3) is 0.273. The number of ether oxygens (including phenoxy) is 1. The van der Waals surface area contributed by atoms with Gasteiger partial charge < -0.3 is 14.7 Å². The van der Waals surface area contributed by atoms with E-state index >= 15 is 0 Å². The van der Waals surface area contributed by atoms with Crippen LogP contribution in [0.15, 0.2) is 42.6 Å². The number of phenolic OH excluding ortho intramolecular Hbond substituents is 1. The maximum atomic E-state index is 13.5. The molecule has 0 aliphatic carbocycles. The smallest absolute Gasteiger partial charge is 0.341 e. The molecular formula is C22H21FN2O3. The summed E-state index contributed by atoms with van der Waals surface area (Å²) in [4.78, 5) is 18.9. The van der Waals surface area contributed by atoms with E-state index < -0.39 is 5.97 Å². The average Bonchev–Trinajstić information content (AvgIpc) is 3.12. The van der Waals surface area contributed by atoms with Gasteiger partial charge in [0.2, 0.25) is 0 Å². The Morgan fingerprint density at radius 3 is 2.68 bits per heavy atom. The normalized spacial score (nSPS) is 16.5. The number of nitrogens with zero attached hydrogens (tertiary/aromatic N) is 2. The van der Waals surface area contributed by atoms with Crippen molar-refractivity contribution in [1.82, 2.24) is 4.98 Å². The van der Waals surface area contributed by atoms with Gasteiger partial charge in [-0.05, 0) is 43.5 Å². The molecule has 2 aromatic carbocycles. The SMILES string of the molecule is COC(=O)c1cc2c(-c3ccc(F)cc3)c(N3CCC[C@@H]3C)cnc2cc1O. The number of rotatable bonds is 3. The van der Waals surface area contributed by atoms with Crippen molar-refractivity contribution in [3.05, 3.63) is 54.0 Å². The molecule has 4 rings (SSSR count). The number of aromatic hydroxyl groups is 1. The number of carbonyl (C=O) groups is 1. The van der Waals surface area contributed by atoms with Gasteiger partial charge in [0.25, 0.3) is 0 Å². The molecular weight excluding hydrogens is 359 g/mol. The number of benzene rings is 2. The van der Waals surface area contributed by atoms with Crippen LogP contribution in [0, 0.1) is 5.82 Å². The van der Waals surface area contributed by atoms with Crippen LogP contribution in [0.4, 0.5) is 10.1 Å². The van der Waals surface area contributed by atoms with Crippen molar-refractivity contribution in [3.8, 4) is 16.9 Å². The number of carbonyl (C=O) groups excluding carboxylic acids is 1. The molecule has 28 heavy (non-hydrogen) atoms. The van der Waals surface area contributed by atoms with Gasteiger partial charge in [-0.2, -0.15) is 0 Å². The lowest BCUT2D eigenvalue weighted by molar-refractivity contribution is 0.0597. The fourth-order valence-electron chi connectivity index (χ4n) is 3.92. The van der Waals surface area contributed by atoms with Crippen molar-refractivity contribution in [2.24, 2.45) is 0 Å². The molecule has 0 bridgehead atoms. The minimum atomic E-state index is -0.621.